The lowest BCUT2D eigenvalue weighted by atomic mass is 9.93. The number of nitrogens with zero attached hydrogens (tertiary/aromatic N) is 1. The Morgan fingerprint density at radius 3 is 2.55 bits per heavy atom. The summed E-state index contributed by atoms with van der Waals surface area (Å²) in [5, 5.41) is 4.64. The Hall–Kier alpha value is -2.65. The molecule has 31 heavy (non-hydrogen) atoms. The molecule has 8 nitrogen and oxygen atoms in total. The molecule has 1 atom stereocenters. The molecule has 3 rings (SSSR count). The van der Waals surface area contributed by atoms with Gasteiger partial charge in [-0.15, -0.1) is 22.9 Å². The number of nitrogens with two attached hydrogens (primary N) is 1. The Bertz CT molecular complexity index is 964. The molecule has 0 spiro atoms. The van der Waals surface area contributed by atoms with E-state index in [0.717, 1.165) is 30.6 Å². The van der Waals surface area contributed by atoms with Gasteiger partial charge < -0.3 is 20.7 Å². The number of allylic oxidation sites excluding steroid dienone is 1. The number of primary amides is 1. The second-order valence-corrected chi connectivity index (χ2v) is 8.95. The van der Waals surface area contributed by atoms with E-state index in [2.05, 4.69) is 10.1 Å². The first-order valence-corrected chi connectivity index (χ1v) is 11.3. The lowest BCUT2D eigenvalue weighted by Gasteiger charge is -2.34. The lowest BCUT2D eigenvalue weighted by molar-refractivity contribution is -0.133. The lowest BCUT2D eigenvalue weighted by Crippen LogP contribution is -2.47. The van der Waals surface area contributed by atoms with Crippen LogP contribution in [0.3, 0.4) is 0 Å². The van der Waals surface area contributed by atoms with E-state index in [1.807, 2.05) is 6.92 Å². The Kier molecular flexibility index (Phi) is 7.17. The third kappa shape index (κ3) is 5.16. The van der Waals surface area contributed by atoms with Gasteiger partial charge in [0.1, 0.15) is 9.88 Å². The summed E-state index contributed by atoms with van der Waals surface area (Å²) in [6.45, 7) is 3.22. The van der Waals surface area contributed by atoms with Crippen LogP contribution in [0.4, 0.5) is 9.80 Å². The number of likely N-dealkylation sites (tertiary alicyclic amines) is 1. The topological polar surface area (TPSA) is 119 Å². The average Bonchev–Trinajstić information content (AvgIpc) is 3.16. The summed E-state index contributed by atoms with van der Waals surface area (Å²) in [4.78, 5) is 49.3. The van der Waals surface area contributed by atoms with Crippen molar-refractivity contribution < 1.29 is 23.9 Å². The number of anilines is 1. The van der Waals surface area contributed by atoms with E-state index in [0.29, 0.717) is 30.6 Å². The summed E-state index contributed by atoms with van der Waals surface area (Å²) >= 11 is 7.72. The van der Waals surface area contributed by atoms with Crippen LogP contribution < -0.4 is 11.1 Å². The molecule has 1 aromatic rings. The molecule has 1 saturated heterocycles. The molecule has 2 heterocycles. The van der Waals surface area contributed by atoms with Crippen molar-refractivity contribution in [2.24, 2.45) is 5.73 Å². The van der Waals surface area contributed by atoms with Crippen LogP contribution >= 0.6 is 22.9 Å². The monoisotopic (exact) mass is 465 g/mol. The van der Waals surface area contributed by atoms with Gasteiger partial charge in [0.15, 0.2) is 0 Å². The fraction of sp³-hybridized carbons (Fsp3) is 0.429. The number of hydrogen-bond acceptors (Lipinski definition) is 6. The molecule has 3 N–H and O–H groups in total. The molecule has 1 aliphatic carbocycles. The van der Waals surface area contributed by atoms with Gasteiger partial charge in [-0.05, 0) is 43.0 Å². The predicted molar refractivity (Wildman–Crippen MR) is 118 cm³/mol. The number of carbonyl (C=O) groups is 4. The van der Waals surface area contributed by atoms with E-state index in [9.17, 15) is 19.2 Å². The molecular weight excluding hydrogens is 442 g/mol. The van der Waals surface area contributed by atoms with Crippen molar-refractivity contribution in [2.45, 2.75) is 43.9 Å². The number of aryl methyl sites for hydroxylation is 1. The van der Waals surface area contributed by atoms with E-state index in [1.165, 1.54) is 6.08 Å². The number of thiophene rings is 1. The van der Waals surface area contributed by atoms with Crippen LogP contribution in [0.1, 0.15) is 48.5 Å². The minimum atomic E-state index is -1.22. The van der Waals surface area contributed by atoms with Gasteiger partial charge in [-0.2, -0.15) is 0 Å². The minimum absolute atomic E-state index is 0.104. The molecule has 0 saturated carbocycles. The summed E-state index contributed by atoms with van der Waals surface area (Å²) in [5.74, 6) is -1.53. The SMILES string of the molecule is CCc1csc(NC(=O)C2=CCC(Cl)(C(=O)N3CCCCC3)C=C2)c1C(=O)OC(N)=O. The van der Waals surface area contributed by atoms with Crippen molar-refractivity contribution >= 4 is 51.8 Å². The van der Waals surface area contributed by atoms with Gasteiger partial charge in [0.05, 0.1) is 5.56 Å². The van der Waals surface area contributed by atoms with Crippen LogP contribution in [0.15, 0.2) is 29.2 Å². The maximum atomic E-state index is 12.8. The Morgan fingerprint density at radius 2 is 1.97 bits per heavy atom. The molecule has 10 heteroatoms. The molecule has 1 aromatic heterocycles. The second-order valence-electron chi connectivity index (χ2n) is 7.39. The molecule has 1 unspecified atom stereocenters. The largest absolute Gasteiger partial charge is 0.412 e. The fourth-order valence-electron chi connectivity index (χ4n) is 3.59. The van der Waals surface area contributed by atoms with Crippen molar-refractivity contribution in [3.05, 3.63) is 40.3 Å². The van der Waals surface area contributed by atoms with Crippen molar-refractivity contribution in [3.63, 3.8) is 0 Å². The number of ether oxygens (including phenoxy) is 1. The molecule has 0 bridgehead atoms. The van der Waals surface area contributed by atoms with Crippen molar-refractivity contribution in [2.75, 3.05) is 18.4 Å². The van der Waals surface area contributed by atoms with Gasteiger partial charge in [0.2, 0.25) is 5.91 Å². The highest BCUT2D eigenvalue weighted by Crippen LogP contribution is 2.33. The number of nitrogens with one attached hydrogen (secondary N) is 1. The van der Waals surface area contributed by atoms with Gasteiger partial charge in [0, 0.05) is 18.7 Å². The number of amides is 3. The zero-order valence-electron chi connectivity index (χ0n) is 17.1. The normalized spacial score (nSPS) is 20.7. The zero-order valence-corrected chi connectivity index (χ0v) is 18.7. The quantitative estimate of drug-likeness (QED) is 0.392. The number of alkyl halides is 1. The number of rotatable bonds is 5. The molecular formula is C21H24ClN3O5S. The summed E-state index contributed by atoms with van der Waals surface area (Å²) in [6.07, 6.45) is 7.19. The third-order valence-corrected chi connectivity index (χ3v) is 6.67. The fourth-order valence-corrected chi connectivity index (χ4v) is 4.88. The molecule has 0 radical (unpaired) electrons. The maximum Gasteiger partial charge on any atom is 0.412 e. The Balaban J connectivity index is 1.71. The summed E-state index contributed by atoms with van der Waals surface area (Å²) in [7, 11) is 0. The Morgan fingerprint density at radius 1 is 1.26 bits per heavy atom. The molecule has 3 amide bonds. The molecule has 2 aliphatic rings. The summed E-state index contributed by atoms with van der Waals surface area (Å²) in [5.41, 5.74) is 5.99. The van der Waals surface area contributed by atoms with Crippen LogP contribution in [-0.2, 0) is 20.7 Å². The number of esters is 1. The molecule has 1 fully saturated rings. The number of piperidine rings is 1. The van der Waals surface area contributed by atoms with E-state index in [1.54, 1.807) is 22.4 Å². The van der Waals surface area contributed by atoms with Crippen molar-refractivity contribution in [1.29, 1.82) is 0 Å². The highest BCUT2D eigenvalue weighted by atomic mass is 35.5. The second kappa shape index (κ2) is 9.65. The number of halogens is 1. The van der Waals surface area contributed by atoms with Gasteiger partial charge in [0.25, 0.3) is 5.91 Å². The smallest absolute Gasteiger partial charge is 0.373 e. The molecule has 0 aromatic carbocycles. The van der Waals surface area contributed by atoms with Crippen molar-refractivity contribution in [3.8, 4) is 0 Å². The average molecular weight is 466 g/mol. The highest BCUT2D eigenvalue weighted by molar-refractivity contribution is 7.15. The van der Waals surface area contributed by atoms with Crippen molar-refractivity contribution in [1.82, 2.24) is 4.90 Å². The third-order valence-electron chi connectivity index (χ3n) is 5.28. The van der Waals surface area contributed by atoms with E-state index in [4.69, 9.17) is 17.3 Å². The first-order chi connectivity index (χ1) is 14.7. The Labute approximate surface area is 189 Å². The summed E-state index contributed by atoms with van der Waals surface area (Å²) in [6, 6.07) is 0. The van der Waals surface area contributed by atoms with E-state index < -0.39 is 22.8 Å². The van der Waals surface area contributed by atoms with Crippen LogP contribution in [0.25, 0.3) is 0 Å². The van der Waals surface area contributed by atoms with Gasteiger partial charge in [-0.3, -0.25) is 9.59 Å². The highest BCUT2D eigenvalue weighted by Gasteiger charge is 2.38. The maximum absolute atomic E-state index is 12.8. The zero-order chi connectivity index (χ0) is 22.6. The standard InChI is InChI=1S/C21H24ClN3O5S/c1-2-13-12-31-17(15(13)18(27)30-20(23)29)24-16(26)14-6-8-21(22,9-7-14)19(28)25-10-4-3-5-11-25/h6-8,12H,2-5,9-11H2,1H3,(H2,23,29)(H,24,26). The number of carbonyl (C=O) groups excluding carboxylic acids is 4. The van der Waals surface area contributed by atoms with Gasteiger partial charge >= 0.3 is 12.1 Å². The number of hydrogen-bond donors (Lipinski definition) is 2. The van der Waals surface area contributed by atoms with Crippen LogP contribution in [0, 0.1) is 0 Å². The summed E-state index contributed by atoms with van der Waals surface area (Å²) < 4.78 is 4.48. The first kappa shape index (κ1) is 23.0. The van der Waals surface area contributed by atoms with Crippen LogP contribution in [0.5, 0.6) is 0 Å². The van der Waals surface area contributed by atoms with Crippen LogP contribution in [0.2, 0.25) is 0 Å². The van der Waals surface area contributed by atoms with E-state index in [-0.39, 0.29) is 22.9 Å². The van der Waals surface area contributed by atoms with Gasteiger partial charge in [-0.25, -0.2) is 9.59 Å². The molecule has 1 aliphatic heterocycles. The van der Waals surface area contributed by atoms with E-state index >= 15 is 0 Å². The predicted octanol–water partition coefficient (Wildman–Crippen LogP) is 3.36. The van der Waals surface area contributed by atoms with Gasteiger partial charge in [-0.1, -0.05) is 25.2 Å². The first-order valence-electron chi connectivity index (χ1n) is 10.1. The molecule has 166 valence electrons. The van der Waals surface area contributed by atoms with Crippen LogP contribution in [-0.4, -0.2) is 46.7 Å². The minimum Gasteiger partial charge on any atom is -0.373 e.